The van der Waals surface area contributed by atoms with Crippen LogP contribution in [0.4, 0.5) is 8.78 Å². The third-order valence-corrected chi connectivity index (χ3v) is 4.71. The van der Waals surface area contributed by atoms with E-state index in [4.69, 9.17) is 4.52 Å². The molecular formula is C9H13BrF2N2O3S. The second-order valence-corrected chi connectivity index (χ2v) is 6.26. The topological polar surface area (TPSA) is 63.4 Å². The zero-order chi connectivity index (χ0) is 13.9. The highest BCUT2D eigenvalue weighted by Crippen LogP contribution is 2.23. The molecule has 5 nitrogen and oxygen atoms in total. The van der Waals surface area contributed by atoms with Crippen molar-refractivity contribution in [3.8, 4) is 0 Å². The number of hydrogen-bond donors (Lipinski definition) is 0. The van der Waals surface area contributed by atoms with Gasteiger partial charge in [-0.25, -0.2) is 17.2 Å². The molecule has 0 bridgehead atoms. The Morgan fingerprint density at radius 2 is 2.06 bits per heavy atom. The Morgan fingerprint density at radius 3 is 2.44 bits per heavy atom. The summed E-state index contributed by atoms with van der Waals surface area (Å²) in [5.41, 5.74) is 0.168. The molecule has 0 atom stereocenters. The van der Waals surface area contributed by atoms with Crippen molar-refractivity contribution in [2.24, 2.45) is 0 Å². The van der Waals surface area contributed by atoms with Crippen LogP contribution in [-0.4, -0.2) is 42.7 Å². The Bertz CT molecular complexity index is 484. The van der Waals surface area contributed by atoms with Gasteiger partial charge in [0.15, 0.2) is 5.76 Å². The molecule has 0 unspecified atom stereocenters. The number of alkyl halides is 3. The predicted molar refractivity (Wildman–Crippen MR) is 64.5 cm³/mol. The van der Waals surface area contributed by atoms with Gasteiger partial charge >= 0.3 is 0 Å². The number of aryl methyl sites for hydroxylation is 2. The molecule has 0 N–H and O–H groups in total. The smallest absolute Gasteiger partial charge is 0.252 e. The monoisotopic (exact) mass is 346 g/mol. The van der Waals surface area contributed by atoms with Crippen LogP contribution in [0, 0.1) is 13.8 Å². The molecule has 0 aromatic carbocycles. The molecule has 9 heteroatoms. The molecule has 18 heavy (non-hydrogen) atoms. The molecular weight excluding hydrogens is 334 g/mol. The van der Waals surface area contributed by atoms with Crippen LogP contribution in [0.3, 0.4) is 0 Å². The Hall–Kier alpha value is -0.540. The van der Waals surface area contributed by atoms with Gasteiger partial charge in [-0.05, 0) is 13.8 Å². The summed E-state index contributed by atoms with van der Waals surface area (Å²) in [6, 6.07) is 0. The van der Waals surface area contributed by atoms with Gasteiger partial charge in [0.1, 0.15) is 10.6 Å². The van der Waals surface area contributed by atoms with E-state index in [0.29, 0.717) is 0 Å². The SMILES string of the molecule is Cc1noc(C)c1S(=O)(=O)N(CCBr)CC(F)F. The van der Waals surface area contributed by atoms with Gasteiger partial charge in [-0.15, -0.1) is 0 Å². The fourth-order valence-corrected chi connectivity index (χ4v) is 3.90. The zero-order valence-electron chi connectivity index (χ0n) is 9.86. The molecule has 0 aliphatic heterocycles. The lowest BCUT2D eigenvalue weighted by molar-refractivity contribution is 0.121. The Kier molecular flexibility index (Phi) is 5.23. The van der Waals surface area contributed by atoms with Gasteiger partial charge < -0.3 is 4.52 Å². The fraction of sp³-hybridized carbons (Fsp3) is 0.667. The molecule has 0 saturated heterocycles. The normalized spacial score (nSPS) is 12.6. The highest BCUT2D eigenvalue weighted by Gasteiger charge is 2.32. The molecule has 0 radical (unpaired) electrons. The van der Waals surface area contributed by atoms with Crippen molar-refractivity contribution < 1.29 is 21.7 Å². The minimum atomic E-state index is -4.01. The number of rotatable bonds is 6. The van der Waals surface area contributed by atoms with E-state index in [1.165, 1.54) is 13.8 Å². The molecule has 104 valence electrons. The second kappa shape index (κ2) is 6.07. The van der Waals surface area contributed by atoms with E-state index in [-0.39, 0.29) is 28.2 Å². The standard InChI is InChI=1S/C9H13BrF2N2O3S/c1-6-9(7(2)17-13-6)18(15,16)14(4-3-10)5-8(11)12/h8H,3-5H2,1-2H3. The maximum atomic E-state index is 12.4. The van der Waals surface area contributed by atoms with E-state index >= 15 is 0 Å². The molecule has 0 amide bonds. The second-order valence-electron chi connectivity index (χ2n) is 3.60. The van der Waals surface area contributed by atoms with Crippen LogP contribution in [0.15, 0.2) is 9.42 Å². The largest absolute Gasteiger partial charge is 0.360 e. The zero-order valence-corrected chi connectivity index (χ0v) is 12.3. The highest BCUT2D eigenvalue weighted by atomic mass is 79.9. The lowest BCUT2D eigenvalue weighted by atomic mass is 10.4. The maximum Gasteiger partial charge on any atom is 0.252 e. The van der Waals surface area contributed by atoms with E-state index in [2.05, 4.69) is 21.1 Å². The molecule has 0 saturated carbocycles. The van der Waals surface area contributed by atoms with Crippen LogP contribution in [0.5, 0.6) is 0 Å². The lowest BCUT2D eigenvalue weighted by Crippen LogP contribution is -2.37. The third-order valence-electron chi connectivity index (χ3n) is 2.24. The van der Waals surface area contributed by atoms with Gasteiger partial charge in [0.05, 0.1) is 6.54 Å². The number of aromatic nitrogens is 1. The fourth-order valence-electron chi connectivity index (χ4n) is 1.53. The first-order valence-corrected chi connectivity index (χ1v) is 7.64. The van der Waals surface area contributed by atoms with Crippen molar-refractivity contribution in [3.05, 3.63) is 11.5 Å². The van der Waals surface area contributed by atoms with Gasteiger partial charge in [-0.1, -0.05) is 21.1 Å². The van der Waals surface area contributed by atoms with E-state index in [1.807, 2.05) is 0 Å². The summed E-state index contributed by atoms with van der Waals surface area (Å²) in [6.07, 6.45) is -2.74. The van der Waals surface area contributed by atoms with E-state index in [0.717, 1.165) is 4.31 Å². The quantitative estimate of drug-likeness (QED) is 0.738. The van der Waals surface area contributed by atoms with Gasteiger partial charge in [0.2, 0.25) is 10.0 Å². The number of hydrogen-bond acceptors (Lipinski definition) is 4. The molecule has 0 aliphatic rings. The average molecular weight is 347 g/mol. The van der Waals surface area contributed by atoms with Gasteiger partial charge in [-0.3, -0.25) is 0 Å². The molecule has 0 spiro atoms. The molecule has 1 aromatic heterocycles. The lowest BCUT2D eigenvalue weighted by Gasteiger charge is -2.20. The first kappa shape index (κ1) is 15.5. The van der Waals surface area contributed by atoms with Gasteiger partial charge in [-0.2, -0.15) is 4.31 Å². The van der Waals surface area contributed by atoms with Crippen LogP contribution in [0.25, 0.3) is 0 Å². The van der Waals surface area contributed by atoms with Crippen LogP contribution in [0.2, 0.25) is 0 Å². The van der Waals surface area contributed by atoms with Crippen LogP contribution >= 0.6 is 15.9 Å². The molecule has 0 aliphatic carbocycles. The molecule has 1 heterocycles. The predicted octanol–water partition coefficient (Wildman–Crippen LogP) is 1.94. The van der Waals surface area contributed by atoms with Crippen molar-refractivity contribution in [1.82, 2.24) is 9.46 Å². The number of sulfonamides is 1. The van der Waals surface area contributed by atoms with Crippen molar-refractivity contribution in [2.75, 3.05) is 18.4 Å². The minimum absolute atomic E-state index is 0.0449. The van der Waals surface area contributed by atoms with E-state index in [1.54, 1.807) is 0 Å². The Morgan fingerprint density at radius 1 is 1.44 bits per heavy atom. The first-order valence-electron chi connectivity index (χ1n) is 5.07. The van der Waals surface area contributed by atoms with Crippen LogP contribution in [0.1, 0.15) is 11.5 Å². The van der Waals surface area contributed by atoms with Gasteiger partial charge in [0, 0.05) is 11.9 Å². The number of nitrogens with zero attached hydrogens (tertiary/aromatic N) is 2. The highest BCUT2D eigenvalue weighted by molar-refractivity contribution is 9.09. The Labute approximate surface area is 112 Å². The average Bonchev–Trinajstić information content (AvgIpc) is 2.57. The Balaban J connectivity index is 3.17. The van der Waals surface area contributed by atoms with Crippen molar-refractivity contribution in [1.29, 1.82) is 0 Å². The molecule has 1 rings (SSSR count). The van der Waals surface area contributed by atoms with E-state index in [9.17, 15) is 17.2 Å². The first-order chi connectivity index (χ1) is 8.30. The van der Waals surface area contributed by atoms with Gasteiger partial charge in [0.25, 0.3) is 6.43 Å². The molecule has 0 fully saturated rings. The number of halogens is 3. The summed E-state index contributed by atoms with van der Waals surface area (Å²) in [4.78, 5) is -0.135. The van der Waals surface area contributed by atoms with Crippen molar-refractivity contribution in [2.45, 2.75) is 25.2 Å². The van der Waals surface area contributed by atoms with Crippen molar-refractivity contribution >= 4 is 26.0 Å². The van der Waals surface area contributed by atoms with Crippen LogP contribution in [-0.2, 0) is 10.0 Å². The van der Waals surface area contributed by atoms with Crippen LogP contribution < -0.4 is 0 Å². The summed E-state index contributed by atoms with van der Waals surface area (Å²) in [6.45, 7) is 1.99. The maximum absolute atomic E-state index is 12.4. The summed E-state index contributed by atoms with van der Waals surface area (Å²) >= 11 is 3.04. The summed E-state index contributed by atoms with van der Waals surface area (Å²) < 4.78 is 54.8. The molecule has 1 aromatic rings. The summed E-state index contributed by atoms with van der Waals surface area (Å²) in [7, 11) is -4.01. The minimum Gasteiger partial charge on any atom is -0.360 e. The van der Waals surface area contributed by atoms with Crippen molar-refractivity contribution in [3.63, 3.8) is 0 Å². The summed E-state index contributed by atoms with van der Waals surface area (Å²) in [5.74, 6) is 0.0985. The van der Waals surface area contributed by atoms with E-state index < -0.39 is 23.0 Å². The third kappa shape index (κ3) is 3.27. The summed E-state index contributed by atoms with van der Waals surface area (Å²) in [5, 5.41) is 3.79.